The molecular formula is C55H35N5. The largest absolute Gasteiger partial charge is 0.308 e. The molecule has 2 aromatic heterocycles. The number of benzene rings is 8. The van der Waals surface area contributed by atoms with Crippen molar-refractivity contribution in [3.8, 4) is 79.0 Å². The number of hydrogen-bond donors (Lipinski definition) is 0. The van der Waals surface area contributed by atoms with Gasteiger partial charge in [0.2, 0.25) is 0 Å². The molecule has 8 aromatic carbocycles. The highest BCUT2D eigenvalue weighted by atomic mass is 15.0. The van der Waals surface area contributed by atoms with E-state index in [0.717, 1.165) is 89.0 Å². The van der Waals surface area contributed by atoms with Gasteiger partial charge in [-0.2, -0.15) is 5.26 Å². The van der Waals surface area contributed by atoms with Gasteiger partial charge >= 0.3 is 0 Å². The number of rotatable bonds is 7. The molecule has 0 fully saturated rings. The van der Waals surface area contributed by atoms with Gasteiger partial charge in [-0.15, -0.1) is 0 Å². The fraction of sp³-hybridized carbons (Fsp3) is 0.0182. The number of nitriles is 1. The second-order valence-corrected chi connectivity index (χ2v) is 14.9. The summed E-state index contributed by atoms with van der Waals surface area (Å²) >= 11 is 0. The maximum absolute atomic E-state index is 10.2. The Labute approximate surface area is 348 Å². The Morgan fingerprint density at radius 1 is 0.483 bits per heavy atom. The first-order chi connectivity index (χ1) is 29.5. The van der Waals surface area contributed by atoms with Crippen molar-refractivity contribution in [3.63, 3.8) is 0 Å². The maximum Gasteiger partial charge on any atom is 0.187 e. The van der Waals surface area contributed by atoms with Gasteiger partial charge in [0.1, 0.15) is 0 Å². The molecule has 0 bridgehead atoms. The van der Waals surface area contributed by atoms with Crippen LogP contribution >= 0.6 is 0 Å². The first-order valence-electron chi connectivity index (χ1n) is 19.8. The van der Waals surface area contributed by atoms with Gasteiger partial charge < -0.3 is 4.57 Å². The topological polar surface area (TPSA) is 58.9 Å². The number of nitrogens with zero attached hydrogens (tertiary/aromatic N) is 5. The lowest BCUT2D eigenvalue weighted by atomic mass is 9.91. The third kappa shape index (κ3) is 6.57. The van der Waals surface area contributed by atoms with Crippen LogP contribution in [0.15, 0.2) is 194 Å². The van der Waals surface area contributed by atoms with Crippen LogP contribution in [0.4, 0.5) is 5.69 Å². The lowest BCUT2D eigenvalue weighted by Gasteiger charge is -2.21. The normalized spacial score (nSPS) is 11.1. The van der Waals surface area contributed by atoms with Crippen LogP contribution in [0, 0.1) is 24.8 Å². The van der Waals surface area contributed by atoms with E-state index in [1.807, 2.05) is 78.9 Å². The molecular weight excluding hydrogens is 731 g/mol. The van der Waals surface area contributed by atoms with E-state index in [0.29, 0.717) is 17.1 Å². The SMILES string of the molecule is [C-]#[N+]c1cccc(-c2cc(-c3nc(-c4ccccc4)cc(-c4ccccc4)n3)cc(-c3cccc(C#N)c3)c2-n2c3ccccc3c3cc(-c4cccc(C)c4)ccc32)c1. The van der Waals surface area contributed by atoms with Crippen molar-refractivity contribution < 1.29 is 0 Å². The monoisotopic (exact) mass is 765 g/mol. The van der Waals surface area contributed by atoms with Gasteiger partial charge in [0.15, 0.2) is 11.5 Å². The van der Waals surface area contributed by atoms with Crippen molar-refractivity contribution in [3.05, 3.63) is 217 Å². The van der Waals surface area contributed by atoms with Crippen molar-refractivity contribution in [2.45, 2.75) is 6.92 Å². The lowest BCUT2D eigenvalue weighted by molar-refractivity contribution is 1.17. The van der Waals surface area contributed by atoms with E-state index in [1.54, 1.807) is 0 Å². The van der Waals surface area contributed by atoms with E-state index in [2.05, 4.69) is 138 Å². The van der Waals surface area contributed by atoms with Crippen molar-refractivity contribution in [1.29, 1.82) is 5.26 Å². The van der Waals surface area contributed by atoms with E-state index in [4.69, 9.17) is 16.5 Å². The zero-order valence-electron chi connectivity index (χ0n) is 32.7. The summed E-state index contributed by atoms with van der Waals surface area (Å²) in [5.74, 6) is 0.562. The van der Waals surface area contributed by atoms with Gasteiger partial charge in [-0.3, -0.25) is 0 Å². The molecule has 0 atom stereocenters. The first kappa shape index (κ1) is 36.0. The Kier molecular flexibility index (Phi) is 9.10. The second kappa shape index (κ2) is 15.2. The number of fused-ring (bicyclic) bond motifs is 3. The molecule has 0 spiro atoms. The molecule has 5 heteroatoms. The molecule has 2 heterocycles. The Bertz CT molecular complexity index is 3210. The molecule has 0 aliphatic heterocycles. The number of hydrogen-bond acceptors (Lipinski definition) is 3. The van der Waals surface area contributed by atoms with E-state index >= 15 is 0 Å². The van der Waals surface area contributed by atoms with Gasteiger partial charge in [0.05, 0.1) is 46.3 Å². The molecule has 280 valence electrons. The van der Waals surface area contributed by atoms with Gasteiger partial charge in [0, 0.05) is 38.6 Å². The minimum atomic E-state index is 0.538. The van der Waals surface area contributed by atoms with Crippen molar-refractivity contribution in [2.75, 3.05) is 0 Å². The predicted molar refractivity (Wildman–Crippen MR) is 245 cm³/mol. The lowest BCUT2D eigenvalue weighted by Crippen LogP contribution is -2.03. The summed E-state index contributed by atoms with van der Waals surface area (Å²) in [6.45, 7) is 10.1. The third-order valence-electron chi connectivity index (χ3n) is 11.1. The average Bonchev–Trinajstić information content (AvgIpc) is 3.65. The molecule has 10 aromatic rings. The first-order valence-corrected chi connectivity index (χ1v) is 19.8. The summed E-state index contributed by atoms with van der Waals surface area (Å²) in [7, 11) is 0. The highest BCUT2D eigenvalue weighted by Gasteiger charge is 2.23. The van der Waals surface area contributed by atoms with Gasteiger partial charge in [-0.25, -0.2) is 14.8 Å². The number of aryl methyl sites for hydroxylation is 1. The average molecular weight is 766 g/mol. The van der Waals surface area contributed by atoms with Crippen molar-refractivity contribution in [2.24, 2.45) is 0 Å². The third-order valence-corrected chi connectivity index (χ3v) is 11.1. The Hall–Kier alpha value is -8.38. The zero-order chi connectivity index (χ0) is 40.6. The molecule has 0 radical (unpaired) electrons. The van der Waals surface area contributed by atoms with Crippen LogP contribution in [0.5, 0.6) is 0 Å². The standard InChI is InChI=1S/C55H35N5/c1-36-14-11-20-40(28-36)41-26-27-53-49(31-41)46-24-9-10-25-52(46)60(53)54-47(42-21-12-15-37(29-42)35-56)32-44(33-48(54)43-22-13-23-45(30-43)57-2)55-58-50(38-16-5-3-6-17-38)34-51(59-55)39-18-7-4-8-19-39/h3-34H,1H3. The zero-order valence-corrected chi connectivity index (χ0v) is 32.7. The van der Waals surface area contributed by atoms with Gasteiger partial charge in [-0.1, -0.05) is 145 Å². The Morgan fingerprint density at radius 3 is 1.75 bits per heavy atom. The fourth-order valence-corrected chi connectivity index (χ4v) is 8.25. The number of aromatic nitrogens is 3. The molecule has 0 unspecified atom stereocenters. The molecule has 10 rings (SSSR count). The Morgan fingerprint density at radius 2 is 1.07 bits per heavy atom. The van der Waals surface area contributed by atoms with E-state index < -0.39 is 0 Å². The minimum Gasteiger partial charge on any atom is -0.308 e. The summed E-state index contributed by atoms with van der Waals surface area (Å²) in [5.41, 5.74) is 15.5. The molecule has 0 N–H and O–H groups in total. The number of para-hydroxylation sites is 1. The van der Waals surface area contributed by atoms with Crippen LogP contribution in [-0.4, -0.2) is 14.5 Å². The molecule has 0 aliphatic rings. The quantitative estimate of drug-likeness (QED) is 0.152. The van der Waals surface area contributed by atoms with Crippen LogP contribution in [-0.2, 0) is 0 Å². The van der Waals surface area contributed by atoms with Crippen LogP contribution in [0.25, 0.3) is 99.6 Å². The molecule has 0 saturated heterocycles. The van der Waals surface area contributed by atoms with Crippen molar-refractivity contribution >= 4 is 27.5 Å². The predicted octanol–water partition coefficient (Wildman–Crippen LogP) is 14.3. The summed E-state index contributed by atoms with van der Waals surface area (Å²) in [5, 5.41) is 12.4. The van der Waals surface area contributed by atoms with Crippen LogP contribution in [0.1, 0.15) is 11.1 Å². The summed E-state index contributed by atoms with van der Waals surface area (Å²) in [4.78, 5) is 14.4. The second-order valence-electron chi connectivity index (χ2n) is 14.9. The molecule has 0 amide bonds. The van der Waals surface area contributed by atoms with Gasteiger partial charge in [0.25, 0.3) is 0 Å². The molecule has 60 heavy (non-hydrogen) atoms. The van der Waals surface area contributed by atoms with E-state index in [9.17, 15) is 5.26 Å². The van der Waals surface area contributed by atoms with Crippen LogP contribution in [0.2, 0.25) is 0 Å². The van der Waals surface area contributed by atoms with E-state index in [-0.39, 0.29) is 0 Å². The van der Waals surface area contributed by atoms with Gasteiger partial charge in [-0.05, 0) is 83.8 Å². The maximum atomic E-state index is 10.2. The summed E-state index contributed by atoms with van der Waals surface area (Å²) in [6, 6.07) is 68.5. The minimum absolute atomic E-state index is 0.538. The highest BCUT2D eigenvalue weighted by Crippen LogP contribution is 2.45. The fourth-order valence-electron chi connectivity index (χ4n) is 8.25. The van der Waals surface area contributed by atoms with E-state index in [1.165, 1.54) is 5.56 Å². The van der Waals surface area contributed by atoms with Crippen LogP contribution < -0.4 is 0 Å². The van der Waals surface area contributed by atoms with Crippen LogP contribution in [0.3, 0.4) is 0 Å². The molecule has 0 saturated carbocycles. The summed E-state index contributed by atoms with van der Waals surface area (Å²) < 4.78 is 2.35. The summed E-state index contributed by atoms with van der Waals surface area (Å²) in [6.07, 6.45) is 0. The molecule has 0 aliphatic carbocycles. The Balaban J connectivity index is 1.33. The smallest absolute Gasteiger partial charge is 0.187 e. The highest BCUT2D eigenvalue weighted by molar-refractivity contribution is 6.12. The molecule has 5 nitrogen and oxygen atoms in total. The van der Waals surface area contributed by atoms with Crippen molar-refractivity contribution in [1.82, 2.24) is 14.5 Å².